The highest BCUT2D eigenvalue weighted by atomic mass is 16.3. The van der Waals surface area contributed by atoms with E-state index in [9.17, 15) is 0 Å². The highest BCUT2D eigenvalue weighted by Gasteiger charge is 2.20. The van der Waals surface area contributed by atoms with Crippen molar-refractivity contribution < 1.29 is 4.42 Å². The maximum atomic E-state index is 6.62. The fourth-order valence-electron chi connectivity index (χ4n) is 9.84. The highest BCUT2D eigenvalue weighted by molar-refractivity contribution is 6.02. The molecule has 1 heterocycles. The first-order valence-electron chi connectivity index (χ1n) is 23.2. The summed E-state index contributed by atoms with van der Waals surface area (Å²) < 4.78 is 6.62. The van der Waals surface area contributed by atoms with Gasteiger partial charge < -0.3 is 9.32 Å². The van der Waals surface area contributed by atoms with Crippen LogP contribution >= 0.6 is 0 Å². The van der Waals surface area contributed by atoms with E-state index in [2.05, 4.69) is 272 Å². The Bertz CT molecular complexity index is 3700. The van der Waals surface area contributed by atoms with Gasteiger partial charge in [0, 0.05) is 33.6 Å². The molecule has 1 aromatic heterocycles. The minimum absolute atomic E-state index is 0.875. The molecule has 2 heteroatoms. The van der Waals surface area contributed by atoms with Crippen molar-refractivity contribution in [3.05, 3.63) is 273 Å². The second-order valence-electron chi connectivity index (χ2n) is 17.2. The van der Waals surface area contributed by atoms with E-state index < -0.39 is 0 Å². The van der Waals surface area contributed by atoms with Gasteiger partial charge in [-0.1, -0.05) is 224 Å². The quantitative estimate of drug-likeness (QED) is 0.136. The molecule has 0 N–H and O–H groups in total. The van der Waals surface area contributed by atoms with Crippen molar-refractivity contribution in [2.45, 2.75) is 0 Å². The predicted molar refractivity (Wildman–Crippen MR) is 286 cm³/mol. The molecule has 0 unspecified atom stereocenters. The van der Waals surface area contributed by atoms with Gasteiger partial charge >= 0.3 is 0 Å². The lowest BCUT2D eigenvalue weighted by atomic mass is 9.89. The van der Waals surface area contributed by atoms with Gasteiger partial charge in [-0.2, -0.15) is 0 Å². The largest absolute Gasteiger partial charge is 0.455 e. The number of anilines is 3. The Labute approximate surface area is 397 Å². The lowest BCUT2D eigenvalue weighted by Crippen LogP contribution is -2.09. The van der Waals surface area contributed by atoms with E-state index in [4.69, 9.17) is 4.42 Å². The number of rotatable bonds is 10. The zero-order chi connectivity index (χ0) is 45.2. The number of benzene rings is 11. The molecule has 12 rings (SSSR count). The molecule has 0 spiro atoms. The Hall–Kier alpha value is -8.98. The summed E-state index contributed by atoms with van der Waals surface area (Å²) in [7, 11) is 0. The van der Waals surface area contributed by atoms with Gasteiger partial charge in [0.05, 0.1) is 0 Å². The van der Waals surface area contributed by atoms with Gasteiger partial charge in [-0.15, -0.1) is 0 Å². The molecule has 320 valence electrons. The van der Waals surface area contributed by atoms with Crippen LogP contribution in [0.2, 0.25) is 0 Å². The summed E-state index contributed by atoms with van der Waals surface area (Å²) in [4.78, 5) is 2.36. The summed E-state index contributed by atoms with van der Waals surface area (Å²) >= 11 is 0. The van der Waals surface area contributed by atoms with E-state index >= 15 is 0 Å². The number of nitrogens with zero attached hydrogens (tertiary/aromatic N) is 1. The molecule has 0 amide bonds. The summed E-state index contributed by atoms with van der Waals surface area (Å²) in [6.07, 6.45) is 0. The van der Waals surface area contributed by atoms with Crippen molar-refractivity contribution in [1.29, 1.82) is 0 Å². The number of para-hydroxylation sites is 1. The number of hydrogen-bond acceptors (Lipinski definition) is 2. The lowest BCUT2D eigenvalue weighted by Gasteiger charge is -2.26. The van der Waals surface area contributed by atoms with Gasteiger partial charge in [0.1, 0.15) is 11.3 Å². The Balaban J connectivity index is 0.921. The Morgan fingerprint density at radius 3 is 1.29 bits per heavy atom. The van der Waals surface area contributed by atoms with Crippen LogP contribution in [0.1, 0.15) is 0 Å². The van der Waals surface area contributed by atoms with Gasteiger partial charge in [-0.05, 0) is 121 Å². The van der Waals surface area contributed by atoms with E-state index in [1.54, 1.807) is 0 Å². The van der Waals surface area contributed by atoms with E-state index in [-0.39, 0.29) is 0 Å². The van der Waals surface area contributed by atoms with Crippen LogP contribution in [-0.2, 0) is 0 Å². The maximum Gasteiger partial charge on any atom is 0.143 e. The third kappa shape index (κ3) is 7.64. The van der Waals surface area contributed by atoms with E-state index in [0.29, 0.717) is 0 Å². The van der Waals surface area contributed by atoms with Gasteiger partial charge in [0.15, 0.2) is 0 Å². The van der Waals surface area contributed by atoms with Gasteiger partial charge in [-0.25, -0.2) is 0 Å². The minimum Gasteiger partial charge on any atom is -0.455 e. The maximum absolute atomic E-state index is 6.62. The standard InChI is InChI=1S/C66H45NO/c1-3-17-47(18-4-1)59-26-9-11-28-61(59)62-29-12-10-27-60(62)50-37-43-56(44-38-50)67(55-41-35-49(36-42-55)58-31-16-22-48-19-7-8-25-57(48)58)54-39-33-46(34-40-54)52-23-15-24-53(45-52)66-65(51-20-5-2-6-21-51)63-30-13-14-32-64(63)68-66/h1-45H. The second kappa shape index (κ2) is 17.8. The molecule has 0 radical (unpaired) electrons. The van der Waals surface area contributed by atoms with Crippen LogP contribution in [0.3, 0.4) is 0 Å². The van der Waals surface area contributed by atoms with Crippen molar-refractivity contribution in [3.63, 3.8) is 0 Å². The number of furan rings is 1. The van der Waals surface area contributed by atoms with Gasteiger partial charge in [0.2, 0.25) is 0 Å². The molecule has 0 atom stereocenters. The molecule has 0 aliphatic carbocycles. The van der Waals surface area contributed by atoms with Crippen molar-refractivity contribution in [2.24, 2.45) is 0 Å². The summed E-state index contributed by atoms with van der Waals surface area (Å²) in [5, 5.41) is 3.60. The van der Waals surface area contributed by atoms with Crippen LogP contribution < -0.4 is 4.90 Å². The molecule has 0 fully saturated rings. The Kier molecular flexibility index (Phi) is 10.6. The van der Waals surface area contributed by atoms with Gasteiger partial charge in [0.25, 0.3) is 0 Å². The molecular formula is C66H45NO. The van der Waals surface area contributed by atoms with E-state index in [0.717, 1.165) is 67.2 Å². The topological polar surface area (TPSA) is 16.4 Å². The molecule has 0 aliphatic heterocycles. The zero-order valence-electron chi connectivity index (χ0n) is 37.3. The first-order chi connectivity index (χ1) is 33.7. The lowest BCUT2D eigenvalue weighted by molar-refractivity contribution is 0.632. The van der Waals surface area contributed by atoms with Crippen molar-refractivity contribution in [1.82, 2.24) is 0 Å². The SMILES string of the molecule is c1ccc(-c2ccccc2-c2ccccc2-c2ccc(N(c3ccc(-c4cccc(-c5oc6ccccc6c5-c5ccccc5)c4)cc3)c3ccc(-c4cccc5ccccc45)cc3)cc2)cc1. The molecule has 2 nitrogen and oxygen atoms in total. The van der Waals surface area contributed by atoms with E-state index in [1.807, 2.05) is 6.07 Å². The van der Waals surface area contributed by atoms with Crippen molar-refractivity contribution >= 4 is 38.8 Å². The molecule has 0 bridgehead atoms. The normalized spacial score (nSPS) is 11.2. The molecule has 0 saturated heterocycles. The zero-order valence-corrected chi connectivity index (χ0v) is 37.3. The third-order valence-corrected chi connectivity index (χ3v) is 13.1. The van der Waals surface area contributed by atoms with Crippen molar-refractivity contribution in [3.8, 4) is 78.1 Å². The van der Waals surface area contributed by atoms with Gasteiger partial charge in [-0.3, -0.25) is 0 Å². The monoisotopic (exact) mass is 867 g/mol. The van der Waals surface area contributed by atoms with Crippen LogP contribution in [0.25, 0.3) is 99.8 Å². The van der Waals surface area contributed by atoms with Crippen LogP contribution in [0.15, 0.2) is 277 Å². The summed E-state index contributed by atoms with van der Waals surface area (Å²) in [6.45, 7) is 0. The fraction of sp³-hybridized carbons (Fsp3) is 0. The smallest absolute Gasteiger partial charge is 0.143 e. The Morgan fingerprint density at radius 2 is 0.662 bits per heavy atom. The van der Waals surface area contributed by atoms with E-state index in [1.165, 1.54) is 49.7 Å². The predicted octanol–water partition coefficient (Wildman–Crippen LogP) is 18.7. The van der Waals surface area contributed by atoms with Crippen molar-refractivity contribution in [2.75, 3.05) is 4.90 Å². The molecular weight excluding hydrogens is 823 g/mol. The Morgan fingerprint density at radius 1 is 0.250 bits per heavy atom. The first kappa shape index (κ1) is 40.5. The number of fused-ring (bicyclic) bond motifs is 2. The summed E-state index contributed by atoms with van der Waals surface area (Å²) in [6, 6.07) is 97.8. The van der Waals surface area contributed by atoms with Crippen LogP contribution in [0, 0.1) is 0 Å². The molecule has 68 heavy (non-hydrogen) atoms. The summed E-state index contributed by atoms with van der Waals surface area (Å²) in [5.41, 5.74) is 19.2. The van der Waals surface area contributed by atoms with Crippen LogP contribution in [-0.4, -0.2) is 0 Å². The average molecular weight is 868 g/mol. The molecule has 11 aromatic carbocycles. The molecule has 0 saturated carbocycles. The minimum atomic E-state index is 0.875. The molecule has 0 aliphatic rings. The first-order valence-corrected chi connectivity index (χ1v) is 23.2. The average Bonchev–Trinajstić information content (AvgIpc) is 3.82. The highest BCUT2D eigenvalue weighted by Crippen LogP contribution is 2.44. The van der Waals surface area contributed by atoms with Crippen LogP contribution in [0.5, 0.6) is 0 Å². The second-order valence-corrected chi connectivity index (χ2v) is 17.2. The third-order valence-electron chi connectivity index (χ3n) is 13.1. The summed E-state index contributed by atoms with van der Waals surface area (Å²) in [5.74, 6) is 0.875. The number of hydrogen-bond donors (Lipinski definition) is 0. The molecule has 12 aromatic rings. The van der Waals surface area contributed by atoms with Crippen LogP contribution in [0.4, 0.5) is 17.1 Å². The fourth-order valence-corrected chi connectivity index (χ4v) is 9.84.